The van der Waals surface area contributed by atoms with Crippen molar-refractivity contribution in [3.05, 3.63) is 12.4 Å². The van der Waals surface area contributed by atoms with Crippen molar-refractivity contribution in [1.29, 1.82) is 0 Å². The van der Waals surface area contributed by atoms with Crippen LogP contribution in [0.1, 0.15) is 13.8 Å². The highest BCUT2D eigenvalue weighted by atomic mass is 16.1. The van der Waals surface area contributed by atoms with Crippen LogP contribution in [0, 0.1) is 5.92 Å². The van der Waals surface area contributed by atoms with E-state index in [1.54, 1.807) is 12.4 Å². The largest absolute Gasteiger partial charge is 0.323 e. The molecule has 0 atom stereocenters. The average molecular weight is 153 g/mol. The molecule has 11 heavy (non-hydrogen) atoms. The number of carbonyl (C=O) groups excluding carboxylic acids is 1. The highest BCUT2D eigenvalue weighted by molar-refractivity contribution is 5.91. The fourth-order valence-electron chi connectivity index (χ4n) is 0.606. The minimum Gasteiger partial charge on any atom is -0.323 e. The van der Waals surface area contributed by atoms with Gasteiger partial charge in [0.1, 0.15) is 0 Å². The Labute approximate surface area is 65.0 Å². The van der Waals surface area contributed by atoms with Crippen LogP contribution >= 0.6 is 0 Å². The highest BCUT2D eigenvalue weighted by Crippen LogP contribution is 2.03. The molecule has 0 radical (unpaired) electrons. The number of rotatable bonds is 2. The van der Waals surface area contributed by atoms with Crippen LogP contribution in [0.5, 0.6) is 0 Å². The lowest BCUT2D eigenvalue weighted by molar-refractivity contribution is -0.118. The number of aromatic nitrogens is 2. The van der Waals surface area contributed by atoms with Gasteiger partial charge in [-0.1, -0.05) is 13.8 Å². The lowest BCUT2D eigenvalue weighted by Crippen LogP contribution is -2.17. The van der Waals surface area contributed by atoms with E-state index in [1.165, 1.54) is 0 Å². The van der Waals surface area contributed by atoms with Crippen molar-refractivity contribution in [2.45, 2.75) is 13.8 Å². The monoisotopic (exact) mass is 153 g/mol. The Morgan fingerprint density at radius 3 is 2.91 bits per heavy atom. The van der Waals surface area contributed by atoms with Gasteiger partial charge in [0.15, 0.2) is 0 Å². The summed E-state index contributed by atoms with van der Waals surface area (Å²) in [7, 11) is 0. The first-order valence-corrected chi connectivity index (χ1v) is 3.50. The van der Waals surface area contributed by atoms with Crippen LogP contribution < -0.4 is 5.32 Å². The molecule has 0 aliphatic rings. The lowest BCUT2D eigenvalue weighted by Gasteiger charge is -2.03. The summed E-state index contributed by atoms with van der Waals surface area (Å²) >= 11 is 0. The summed E-state index contributed by atoms with van der Waals surface area (Å²) in [5.74, 6) is 0.0105. The van der Waals surface area contributed by atoms with Crippen molar-refractivity contribution >= 4 is 11.6 Å². The molecule has 2 N–H and O–H groups in total. The summed E-state index contributed by atoms with van der Waals surface area (Å²) in [6.07, 6.45) is 3.21. The van der Waals surface area contributed by atoms with Crippen LogP contribution in [0.15, 0.2) is 12.4 Å². The maximum Gasteiger partial charge on any atom is 0.227 e. The summed E-state index contributed by atoms with van der Waals surface area (Å²) in [6, 6.07) is 0. The molecule has 0 aliphatic heterocycles. The van der Waals surface area contributed by atoms with Crippen molar-refractivity contribution in [3.8, 4) is 0 Å². The van der Waals surface area contributed by atoms with Gasteiger partial charge in [0.2, 0.25) is 5.91 Å². The topological polar surface area (TPSA) is 57.8 Å². The van der Waals surface area contributed by atoms with E-state index in [4.69, 9.17) is 0 Å². The molecule has 1 heterocycles. The molecule has 0 fully saturated rings. The van der Waals surface area contributed by atoms with Gasteiger partial charge < -0.3 is 5.32 Å². The third-order valence-electron chi connectivity index (χ3n) is 1.29. The normalized spacial score (nSPS) is 10.1. The zero-order valence-corrected chi connectivity index (χ0v) is 6.59. The average Bonchev–Trinajstić information content (AvgIpc) is 2.39. The number of amides is 1. The first-order chi connectivity index (χ1) is 5.20. The second-order valence-electron chi connectivity index (χ2n) is 2.63. The second kappa shape index (κ2) is 3.18. The number of hydrogen-bond acceptors (Lipinski definition) is 2. The summed E-state index contributed by atoms with van der Waals surface area (Å²) in [6.45, 7) is 3.69. The van der Waals surface area contributed by atoms with E-state index < -0.39 is 0 Å². The van der Waals surface area contributed by atoms with Gasteiger partial charge in [-0.25, -0.2) is 0 Å². The minimum absolute atomic E-state index is 0.00454. The Bertz CT molecular complexity index is 228. The lowest BCUT2D eigenvalue weighted by atomic mass is 10.2. The Balaban J connectivity index is 2.50. The van der Waals surface area contributed by atoms with Gasteiger partial charge in [0.25, 0.3) is 0 Å². The molecule has 0 aromatic carbocycles. The molecule has 0 saturated heterocycles. The van der Waals surface area contributed by atoms with E-state index in [-0.39, 0.29) is 11.8 Å². The van der Waals surface area contributed by atoms with Crippen LogP contribution in [0.4, 0.5) is 5.69 Å². The standard InChI is InChI=1S/C7H11N3O/c1-5(2)7(11)10-6-3-8-9-4-6/h3-5H,1-2H3,(H,8,9)(H,10,11). The quantitative estimate of drug-likeness (QED) is 0.666. The second-order valence-corrected chi connectivity index (χ2v) is 2.63. The van der Waals surface area contributed by atoms with Crippen molar-refractivity contribution in [3.63, 3.8) is 0 Å². The fraction of sp³-hybridized carbons (Fsp3) is 0.429. The van der Waals surface area contributed by atoms with Crippen molar-refractivity contribution in [2.75, 3.05) is 5.32 Å². The van der Waals surface area contributed by atoms with E-state index in [0.717, 1.165) is 0 Å². The molecule has 4 heteroatoms. The molecule has 0 spiro atoms. The van der Waals surface area contributed by atoms with Crippen molar-refractivity contribution < 1.29 is 4.79 Å². The third-order valence-corrected chi connectivity index (χ3v) is 1.29. The van der Waals surface area contributed by atoms with Gasteiger partial charge in [0.05, 0.1) is 11.9 Å². The van der Waals surface area contributed by atoms with E-state index in [1.807, 2.05) is 13.8 Å². The van der Waals surface area contributed by atoms with Gasteiger partial charge in [-0.2, -0.15) is 5.10 Å². The summed E-state index contributed by atoms with van der Waals surface area (Å²) < 4.78 is 0. The number of nitrogens with one attached hydrogen (secondary N) is 2. The van der Waals surface area contributed by atoms with E-state index in [9.17, 15) is 4.79 Å². The van der Waals surface area contributed by atoms with E-state index in [2.05, 4.69) is 15.5 Å². The number of H-pyrrole nitrogens is 1. The predicted molar refractivity (Wildman–Crippen MR) is 42.1 cm³/mol. The third kappa shape index (κ3) is 2.07. The Morgan fingerprint density at radius 2 is 2.45 bits per heavy atom. The summed E-state index contributed by atoms with van der Waals surface area (Å²) in [5.41, 5.74) is 0.712. The number of hydrogen-bond donors (Lipinski definition) is 2. The molecule has 1 rings (SSSR count). The van der Waals surface area contributed by atoms with Gasteiger partial charge in [-0.3, -0.25) is 9.89 Å². The number of aromatic amines is 1. The molecule has 4 nitrogen and oxygen atoms in total. The van der Waals surface area contributed by atoms with Gasteiger partial charge in [0, 0.05) is 12.1 Å². The minimum atomic E-state index is 0.00454. The molecular formula is C7H11N3O. The zero-order valence-electron chi connectivity index (χ0n) is 6.59. The van der Waals surface area contributed by atoms with Gasteiger partial charge in [-0.15, -0.1) is 0 Å². The highest BCUT2D eigenvalue weighted by Gasteiger charge is 2.06. The summed E-state index contributed by atoms with van der Waals surface area (Å²) in [4.78, 5) is 11.1. The fourth-order valence-corrected chi connectivity index (χ4v) is 0.606. The van der Waals surface area contributed by atoms with Crippen molar-refractivity contribution in [1.82, 2.24) is 10.2 Å². The SMILES string of the molecule is CC(C)C(=O)Nc1cn[nH]c1. The first kappa shape index (κ1) is 7.78. The maximum absolute atomic E-state index is 11.1. The predicted octanol–water partition coefficient (Wildman–Crippen LogP) is 1.00. The van der Waals surface area contributed by atoms with E-state index in [0.29, 0.717) is 5.69 Å². The smallest absolute Gasteiger partial charge is 0.227 e. The summed E-state index contributed by atoms with van der Waals surface area (Å²) in [5, 5.41) is 8.99. The molecule has 1 aromatic heterocycles. The number of nitrogens with zero attached hydrogens (tertiary/aromatic N) is 1. The molecule has 1 aromatic rings. The Morgan fingerprint density at radius 1 is 1.73 bits per heavy atom. The van der Waals surface area contributed by atoms with Crippen LogP contribution in [-0.2, 0) is 4.79 Å². The molecule has 1 amide bonds. The molecule has 0 unspecified atom stereocenters. The number of carbonyl (C=O) groups is 1. The van der Waals surface area contributed by atoms with Crippen LogP contribution in [0.2, 0.25) is 0 Å². The zero-order chi connectivity index (χ0) is 8.27. The van der Waals surface area contributed by atoms with Crippen molar-refractivity contribution in [2.24, 2.45) is 5.92 Å². The molecular weight excluding hydrogens is 142 g/mol. The maximum atomic E-state index is 11.1. The van der Waals surface area contributed by atoms with Crippen LogP contribution in [0.25, 0.3) is 0 Å². The van der Waals surface area contributed by atoms with Gasteiger partial charge >= 0.3 is 0 Å². The first-order valence-electron chi connectivity index (χ1n) is 3.50. The van der Waals surface area contributed by atoms with Crippen LogP contribution in [-0.4, -0.2) is 16.1 Å². The molecule has 0 aliphatic carbocycles. The van der Waals surface area contributed by atoms with E-state index >= 15 is 0 Å². The number of anilines is 1. The Kier molecular flexibility index (Phi) is 2.25. The molecule has 0 saturated carbocycles. The molecule has 60 valence electrons. The Hall–Kier alpha value is -1.32. The molecule has 0 bridgehead atoms. The van der Waals surface area contributed by atoms with Crippen LogP contribution in [0.3, 0.4) is 0 Å². The van der Waals surface area contributed by atoms with Gasteiger partial charge in [-0.05, 0) is 0 Å².